The quantitative estimate of drug-likeness (QED) is 0.476. The van der Waals surface area contributed by atoms with Crippen molar-refractivity contribution in [1.82, 2.24) is 4.90 Å². The van der Waals surface area contributed by atoms with E-state index in [2.05, 4.69) is 0 Å². The molecule has 6 heteroatoms. The van der Waals surface area contributed by atoms with Crippen LogP contribution in [0.15, 0.2) is 48.5 Å². The number of hydrogen-bond acceptors (Lipinski definition) is 5. The van der Waals surface area contributed by atoms with Gasteiger partial charge in [0.1, 0.15) is 11.8 Å². The Morgan fingerprint density at radius 2 is 1.60 bits per heavy atom. The number of fused-ring (bicyclic) bond motifs is 1. The molecule has 1 heterocycles. The highest BCUT2D eigenvalue weighted by atomic mass is 16.5. The van der Waals surface area contributed by atoms with Crippen LogP contribution in [-0.2, 0) is 4.79 Å². The smallest absolute Gasteiger partial charge is 0.311 e. The highest BCUT2D eigenvalue weighted by Gasteiger charge is 2.34. The van der Waals surface area contributed by atoms with Crippen molar-refractivity contribution in [2.45, 2.75) is 12.8 Å². The van der Waals surface area contributed by atoms with Gasteiger partial charge in [0.05, 0.1) is 16.7 Å². The first-order valence-electron chi connectivity index (χ1n) is 7.77. The zero-order chi connectivity index (χ0) is 17.8. The van der Waals surface area contributed by atoms with Gasteiger partial charge in [-0.2, -0.15) is 5.26 Å². The lowest BCUT2D eigenvalue weighted by molar-refractivity contribution is -0.134. The van der Waals surface area contributed by atoms with Crippen LogP contribution in [0.2, 0.25) is 0 Å². The summed E-state index contributed by atoms with van der Waals surface area (Å²) in [6.45, 7) is 0.140. The fourth-order valence-electron chi connectivity index (χ4n) is 2.65. The molecule has 0 N–H and O–H groups in total. The van der Waals surface area contributed by atoms with Crippen LogP contribution in [0.3, 0.4) is 0 Å². The molecule has 0 radical (unpaired) electrons. The van der Waals surface area contributed by atoms with Crippen LogP contribution in [-0.4, -0.2) is 29.2 Å². The van der Waals surface area contributed by atoms with Crippen molar-refractivity contribution in [3.05, 3.63) is 65.2 Å². The topological polar surface area (TPSA) is 87.5 Å². The van der Waals surface area contributed by atoms with E-state index in [0.29, 0.717) is 17.5 Å². The maximum atomic E-state index is 12.2. The molecule has 0 bridgehead atoms. The third kappa shape index (κ3) is 3.26. The van der Waals surface area contributed by atoms with Crippen molar-refractivity contribution < 1.29 is 19.1 Å². The lowest BCUT2D eigenvalue weighted by Crippen LogP contribution is -2.31. The average molecular weight is 334 g/mol. The molecule has 3 rings (SSSR count). The van der Waals surface area contributed by atoms with E-state index >= 15 is 0 Å². The summed E-state index contributed by atoms with van der Waals surface area (Å²) in [5, 5.41) is 8.97. The van der Waals surface area contributed by atoms with E-state index in [0.717, 1.165) is 4.90 Å². The van der Waals surface area contributed by atoms with Crippen LogP contribution in [0.25, 0.3) is 0 Å². The maximum Gasteiger partial charge on any atom is 0.311 e. The summed E-state index contributed by atoms with van der Waals surface area (Å²) < 4.78 is 5.17. The van der Waals surface area contributed by atoms with E-state index < -0.39 is 5.97 Å². The van der Waals surface area contributed by atoms with Gasteiger partial charge < -0.3 is 4.74 Å². The molecule has 2 aromatic rings. The van der Waals surface area contributed by atoms with Gasteiger partial charge in [0.25, 0.3) is 11.8 Å². The number of imide groups is 1. The number of ether oxygens (including phenoxy) is 1. The third-order valence-corrected chi connectivity index (χ3v) is 3.87. The van der Waals surface area contributed by atoms with Gasteiger partial charge in [0.15, 0.2) is 0 Å². The number of para-hydroxylation sites is 1. The first kappa shape index (κ1) is 16.4. The van der Waals surface area contributed by atoms with Crippen molar-refractivity contribution >= 4 is 17.8 Å². The van der Waals surface area contributed by atoms with Crippen molar-refractivity contribution in [3.8, 4) is 11.8 Å². The van der Waals surface area contributed by atoms with Crippen LogP contribution in [0.5, 0.6) is 5.75 Å². The van der Waals surface area contributed by atoms with Crippen molar-refractivity contribution in [2.24, 2.45) is 0 Å². The highest BCUT2D eigenvalue weighted by molar-refractivity contribution is 6.21. The van der Waals surface area contributed by atoms with E-state index in [1.165, 1.54) is 0 Å². The number of benzene rings is 2. The van der Waals surface area contributed by atoms with Crippen molar-refractivity contribution in [1.29, 1.82) is 5.26 Å². The molecule has 124 valence electrons. The Bertz CT molecular complexity index is 863. The van der Waals surface area contributed by atoms with Crippen molar-refractivity contribution in [3.63, 3.8) is 0 Å². The summed E-state index contributed by atoms with van der Waals surface area (Å²) >= 11 is 0. The maximum absolute atomic E-state index is 12.2. The minimum Gasteiger partial charge on any atom is -0.425 e. The number of carbonyl (C=O) groups is 3. The number of nitriles is 1. The molecule has 0 atom stereocenters. The van der Waals surface area contributed by atoms with Gasteiger partial charge >= 0.3 is 5.97 Å². The molecule has 0 saturated carbocycles. The molecule has 2 amide bonds. The Morgan fingerprint density at radius 1 is 1.00 bits per heavy atom. The standard InChI is InChI=1S/C19H14N2O4/c20-12-13-6-1-4-9-16(13)25-17(22)10-5-11-21-18(23)14-7-2-3-8-15(14)19(21)24/h1-4,6-9H,5,10-11H2. The Hall–Kier alpha value is -3.46. The third-order valence-electron chi connectivity index (χ3n) is 3.87. The van der Waals surface area contributed by atoms with Crippen LogP contribution in [0.1, 0.15) is 39.1 Å². The number of esters is 1. The average Bonchev–Trinajstić information content (AvgIpc) is 2.87. The second kappa shape index (κ2) is 6.97. The second-order valence-corrected chi connectivity index (χ2v) is 5.49. The molecule has 1 aliphatic heterocycles. The molecule has 0 fully saturated rings. The zero-order valence-electron chi connectivity index (χ0n) is 13.3. The largest absolute Gasteiger partial charge is 0.425 e. The lowest BCUT2D eigenvalue weighted by Gasteiger charge is -2.13. The molecule has 0 unspecified atom stereocenters. The number of carbonyl (C=O) groups excluding carboxylic acids is 3. The molecular weight excluding hydrogens is 320 g/mol. The predicted octanol–water partition coefficient (Wildman–Crippen LogP) is 2.54. The number of amides is 2. The Kier molecular flexibility index (Phi) is 4.57. The minimum absolute atomic E-state index is 0.0349. The molecule has 0 spiro atoms. The molecular formula is C19H14N2O4. The molecule has 25 heavy (non-hydrogen) atoms. The minimum atomic E-state index is -0.515. The van der Waals surface area contributed by atoms with Crippen LogP contribution < -0.4 is 4.74 Å². The highest BCUT2D eigenvalue weighted by Crippen LogP contribution is 2.23. The molecule has 6 nitrogen and oxygen atoms in total. The van der Waals surface area contributed by atoms with Crippen LogP contribution in [0.4, 0.5) is 0 Å². The summed E-state index contributed by atoms with van der Waals surface area (Å²) in [4.78, 5) is 37.5. The Morgan fingerprint density at radius 3 is 2.24 bits per heavy atom. The van der Waals surface area contributed by atoms with Gasteiger partial charge in [-0.05, 0) is 30.7 Å². The number of hydrogen-bond donors (Lipinski definition) is 0. The van der Waals surface area contributed by atoms with E-state index in [1.54, 1.807) is 48.5 Å². The van der Waals surface area contributed by atoms with Gasteiger partial charge in [-0.25, -0.2) is 0 Å². The monoisotopic (exact) mass is 334 g/mol. The molecule has 0 aromatic heterocycles. The summed E-state index contributed by atoms with van der Waals surface area (Å²) in [6.07, 6.45) is 0.326. The number of nitrogens with zero attached hydrogens (tertiary/aromatic N) is 2. The summed E-state index contributed by atoms with van der Waals surface area (Å²) in [5.41, 5.74) is 1.05. The normalized spacial score (nSPS) is 12.7. The van der Waals surface area contributed by atoms with E-state index in [4.69, 9.17) is 10.00 Å². The fraction of sp³-hybridized carbons (Fsp3) is 0.158. The lowest BCUT2D eigenvalue weighted by atomic mass is 10.1. The fourth-order valence-corrected chi connectivity index (χ4v) is 2.65. The number of rotatable bonds is 5. The van der Waals surface area contributed by atoms with Crippen LogP contribution in [0, 0.1) is 11.3 Å². The molecule has 2 aromatic carbocycles. The summed E-state index contributed by atoms with van der Waals surface area (Å²) in [5.74, 6) is -0.998. The van der Waals surface area contributed by atoms with E-state index in [-0.39, 0.29) is 36.1 Å². The SMILES string of the molecule is N#Cc1ccccc1OC(=O)CCCN1C(=O)c2ccccc2C1=O. The summed E-state index contributed by atoms with van der Waals surface area (Å²) in [7, 11) is 0. The predicted molar refractivity (Wildman–Crippen MR) is 87.8 cm³/mol. The second-order valence-electron chi connectivity index (χ2n) is 5.49. The molecule has 1 aliphatic rings. The van der Waals surface area contributed by atoms with Gasteiger partial charge in [0.2, 0.25) is 0 Å². The zero-order valence-corrected chi connectivity index (χ0v) is 13.3. The van der Waals surface area contributed by atoms with Crippen molar-refractivity contribution in [2.75, 3.05) is 6.54 Å². The molecule has 0 aliphatic carbocycles. The Balaban J connectivity index is 1.55. The first-order valence-corrected chi connectivity index (χ1v) is 7.77. The Labute approximate surface area is 144 Å². The first-order chi connectivity index (χ1) is 12.1. The molecule has 0 saturated heterocycles. The van der Waals surface area contributed by atoms with E-state index in [1.807, 2.05) is 6.07 Å². The van der Waals surface area contributed by atoms with Gasteiger partial charge in [0, 0.05) is 13.0 Å². The van der Waals surface area contributed by atoms with Gasteiger partial charge in [-0.1, -0.05) is 24.3 Å². The summed E-state index contributed by atoms with van der Waals surface area (Å²) in [6, 6.07) is 15.0. The van der Waals surface area contributed by atoms with Gasteiger partial charge in [-0.3, -0.25) is 19.3 Å². The van der Waals surface area contributed by atoms with Gasteiger partial charge in [-0.15, -0.1) is 0 Å². The van der Waals surface area contributed by atoms with Crippen LogP contribution >= 0.6 is 0 Å². The van der Waals surface area contributed by atoms with E-state index in [9.17, 15) is 14.4 Å².